The lowest BCUT2D eigenvalue weighted by atomic mass is 10.1. The highest BCUT2D eigenvalue weighted by Gasteiger charge is 2.31. The molecule has 0 aliphatic carbocycles. The highest BCUT2D eigenvalue weighted by molar-refractivity contribution is 6.05. The van der Waals surface area contributed by atoms with Crippen LogP contribution in [0.2, 0.25) is 0 Å². The lowest BCUT2D eigenvalue weighted by Gasteiger charge is -2.15. The molecule has 9 heteroatoms. The molecule has 0 fully saturated rings. The third-order valence-electron chi connectivity index (χ3n) is 4.19. The quantitative estimate of drug-likeness (QED) is 0.539. The first-order valence-corrected chi connectivity index (χ1v) is 7.94. The number of ether oxygens (including phenoxy) is 1. The number of hydrogen-bond donors (Lipinski definition) is 0. The summed E-state index contributed by atoms with van der Waals surface area (Å²) in [7, 11) is 1.67. The van der Waals surface area contributed by atoms with Crippen molar-refractivity contribution in [3.63, 3.8) is 0 Å². The number of aromatic nitrogens is 4. The second-order valence-electron chi connectivity index (χ2n) is 6.04. The molecule has 4 rings (SSSR count). The monoisotopic (exact) mass is 374 g/mol. The van der Waals surface area contributed by atoms with Gasteiger partial charge in [0, 0.05) is 36.3 Å². The highest BCUT2D eigenvalue weighted by Crippen LogP contribution is 2.30. The number of hydrogen-bond acceptors (Lipinski definition) is 4. The van der Waals surface area contributed by atoms with Gasteiger partial charge in [-0.2, -0.15) is 5.10 Å². The van der Waals surface area contributed by atoms with Gasteiger partial charge in [-0.3, -0.25) is 19.0 Å². The SMILES string of the molecule is Cc1ncccc1-n1c(=O)c2nn(C)cc2c2ccc(OC(F)(F)F)cc21. The van der Waals surface area contributed by atoms with Gasteiger partial charge < -0.3 is 4.74 Å². The predicted molar refractivity (Wildman–Crippen MR) is 93.0 cm³/mol. The van der Waals surface area contributed by atoms with Crippen molar-refractivity contribution in [3.05, 3.63) is 58.8 Å². The highest BCUT2D eigenvalue weighted by atomic mass is 19.4. The summed E-state index contributed by atoms with van der Waals surface area (Å²) in [5, 5.41) is 5.34. The summed E-state index contributed by atoms with van der Waals surface area (Å²) in [6.07, 6.45) is -1.60. The van der Waals surface area contributed by atoms with Gasteiger partial charge in [-0.15, -0.1) is 13.2 Å². The number of rotatable bonds is 2. The maximum absolute atomic E-state index is 13.1. The van der Waals surface area contributed by atoms with Crippen LogP contribution in [0.1, 0.15) is 5.69 Å². The van der Waals surface area contributed by atoms with Crippen LogP contribution >= 0.6 is 0 Å². The van der Waals surface area contributed by atoms with Gasteiger partial charge in [0.15, 0.2) is 5.52 Å². The molecule has 1 aromatic carbocycles. The third-order valence-corrected chi connectivity index (χ3v) is 4.19. The summed E-state index contributed by atoms with van der Waals surface area (Å²) in [5.74, 6) is -0.409. The molecular weight excluding hydrogens is 361 g/mol. The standard InChI is InChI=1S/C18H13F3N4O2/c1-10-14(4-3-7-22-10)25-15-8-11(27-18(19,20)21)5-6-12(15)13-9-24(2)23-16(13)17(25)26/h3-9H,1-2H3. The smallest absolute Gasteiger partial charge is 0.406 e. The molecule has 0 amide bonds. The zero-order chi connectivity index (χ0) is 19.3. The van der Waals surface area contributed by atoms with Crippen LogP contribution in [0.15, 0.2) is 47.5 Å². The van der Waals surface area contributed by atoms with Crippen LogP contribution < -0.4 is 10.3 Å². The topological polar surface area (TPSA) is 61.9 Å². The van der Waals surface area contributed by atoms with Gasteiger partial charge in [0.2, 0.25) is 0 Å². The molecule has 0 bridgehead atoms. The van der Waals surface area contributed by atoms with E-state index >= 15 is 0 Å². The largest absolute Gasteiger partial charge is 0.573 e. The Hall–Kier alpha value is -3.36. The summed E-state index contributed by atoms with van der Waals surface area (Å²) in [4.78, 5) is 17.3. The molecule has 0 atom stereocenters. The van der Waals surface area contributed by atoms with Crippen molar-refractivity contribution in [1.82, 2.24) is 19.3 Å². The van der Waals surface area contributed by atoms with Crippen molar-refractivity contribution in [2.24, 2.45) is 7.05 Å². The van der Waals surface area contributed by atoms with E-state index in [0.717, 1.165) is 0 Å². The zero-order valence-electron chi connectivity index (χ0n) is 14.3. The lowest BCUT2D eigenvalue weighted by Crippen LogP contribution is -2.21. The average Bonchev–Trinajstić information content (AvgIpc) is 2.97. The Labute approximate surface area is 150 Å². The Bertz CT molecular complexity index is 1240. The fraction of sp³-hybridized carbons (Fsp3) is 0.167. The summed E-state index contributed by atoms with van der Waals surface area (Å²) in [6, 6.07) is 7.23. The number of aryl methyl sites for hydroxylation is 2. The van der Waals surface area contributed by atoms with Crippen LogP contribution in [0.25, 0.3) is 27.5 Å². The minimum Gasteiger partial charge on any atom is -0.406 e. The first-order valence-electron chi connectivity index (χ1n) is 7.94. The van der Waals surface area contributed by atoms with Gasteiger partial charge in [-0.05, 0) is 31.2 Å². The van der Waals surface area contributed by atoms with Crippen molar-refractivity contribution >= 4 is 21.8 Å². The number of pyridine rings is 2. The van der Waals surface area contributed by atoms with Gasteiger partial charge >= 0.3 is 6.36 Å². The van der Waals surface area contributed by atoms with Crippen LogP contribution in [0.3, 0.4) is 0 Å². The Morgan fingerprint density at radius 2 is 1.93 bits per heavy atom. The molecule has 0 aliphatic heterocycles. The zero-order valence-corrected chi connectivity index (χ0v) is 14.3. The van der Waals surface area contributed by atoms with Crippen molar-refractivity contribution in [2.75, 3.05) is 0 Å². The second-order valence-corrected chi connectivity index (χ2v) is 6.04. The number of nitrogens with zero attached hydrogens (tertiary/aromatic N) is 4. The normalized spacial score (nSPS) is 12.0. The molecular formula is C18H13F3N4O2. The molecule has 4 aromatic rings. The number of fused-ring (bicyclic) bond motifs is 3. The molecule has 6 nitrogen and oxygen atoms in total. The molecule has 0 spiro atoms. The van der Waals surface area contributed by atoms with Crippen molar-refractivity contribution in [3.8, 4) is 11.4 Å². The Morgan fingerprint density at radius 1 is 1.15 bits per heavy atom. The molecule has 138 valence electrons. The molecule has 0 saturated carbocycles. The molecule has 0 radical (unpaired) electrons. The van der Waals surface area contributed by atoms with Gasteiger partial charge in [0.25, 0.3) is 5.56 Å². The van der Waals surface area contributed by atoms with Gasteiger partial charge in [0.1, 0.15) is 5.75 Å². The van der Waals surface area contributed by atoms with Gasteiger partial charge in [-0.1, -0.05) is 0 Å². The van der Waals surface area contributed by atoms with Crippen molar-refractivity contribution in [2.45, 2.75) is 13.3 Å². The molecule has 0 aliphatic rings. The predicted octanol–water partition coefficient (Wildman–Crippen LogP) is 3.48. The maximum Gasteiger partial charge on any atom is 0.573 e. The Morgan fingerprint density at radius 3 is 2.63 bits per heavy atom. The summed E-state index contributed by atoms with van der Waals surface area (Å²) < 4.78 is 44.8. The van der Waals surface area contributed by atoms with E-state index < -0.39 is 17.7 Å². The van der Waals surface area contributed by atoms with Crippen LogP contribution in [-0.2, 0) is 7.05 Å². The van der Waals surface area contributed by atoms with Crippen LogP contribution in [0, 0.1) is 6.92 Å². The molecule has 27 heavy (non-hydrogen) atoms. The first kappa shape index (κ1) is 17.1. The van der Waals surface area contributed by atoms with E-state index in [1.165, 1.54) is 27.4 Å². The van der Waals surface area contributed by atoms with Crippen LogP contribution in [-0.4, -0.2) is 25.7 Å². The molecule has 3 aromatic heterocycles. The van der Waals surface area contributed by atoms with E-state index in [9.17, 15) is 18.0 Å². The van der Waals surface area contributed by atoms with E-state index in [1.807, 2.05) is 0 Å². The van der Waals surface area contributed by atoms with Gasteiger partial charge in [-0.25, -0.2) is 0 Å². The van der Waals surface area contributed by atoms with E-state index in [0.29, 0.717) is 22.2 Å². The van der Waals surface area contributed by atoms with E-state index in [4.69, 9.17) is 0 Å². The molecule has 0 N–H and O–H groups in total. The molecule has 0 unspecified atom stereocenters. The maximum atomic E-state index is 13.1. The molecule has 3 heterocycles. The fourth-order valence-corrected chi connectivity index (χ4v) is 3.13. The van der Waals surface area contributed by atoms with E-state index in [1.54, 1.807) is 38.5 Å². The first-order chi connectivity index (χ1) is 12.7. The van der Waals surface area contributed by atoms with Crippen molar-refractivity contribution < 1.29 is 17.9 Å². The van der Waals surface area contributed by atoms with Crippen LogP contribution in [0.5, 0.6) is 5.75 Å². The number of halogens is 3. The van der Waals surface area contributed by atoms with Crippen molar-refractivity contribution in [1.29, 1.82) is 0 Å². The van der Waals surface area contributed by atoms with Crippen LogP contribution in [0.4, 0.5) is 13.2 Å². The minimum absolute atomic E-state index is 0.220. The number of benzene rings is 1. The summed E-state index contributed by atoms with van der Waals surface area (Å²) >= 11 is 0. The average molecular weight is 374 g/mol. The Kier molecular flexibility index (Phi) is 3.69. The van der Waals surface area contributed by atoms with E-state index in [-0.39, 0.29) is 11.0 Å². The van der Waals surface area contributed by atoms with Gasteiger partial charge in [0.05, 0.1) is 16.9 Å². The molecule has 0 saturated heterocycles. The summed E-state index contributed by atoms with van der Waals surface area (Å²) in [5.41, 5.74) is 1.07. The lowest BCUT2D eigenvalue weighted by molar-refractivity contribution is -0.274. The fourth-order valence-electron chi connectivity index (χ4n) is 3.13. The summed E-state index contributed by atoms with van der Waals surface area (Å²) in [6.45, 7) is 1.71. The minimum atomic E-state index is -4.83. The second kappa shape index (κ2) is 5.83. The Balaban J connectivity index is 2.14. The number of alkyl halides is 3. The van der Waals surface area contributed by atoms with E-state index in [2.05, 4.69) is 14.8 Å². The third kappa shape index (κ3) is 2.90.